The molecule has 19 heavy (non-hydrogen) atoms. The number of nitrogens with zero attached hydrogens (tertiary/aromatic N) is 1. The third kappa shape index (κ3) is 3.33. The maximum absolute atomic E-state index is 4.65. The molecule has 0 radical (unpaired) electrons. The van der Waals surface area contributed by atoms with Crippen LogP contribution in [-0.4, -0.2) is 23.0 Å². The first-order valence-electron chi connectivity index (χ1n) is 7.25. The molecule has 1 heterocycles. The molecular weight excluding hydrogens is 252 g/mol. The van der Waals surface area contributed by atoms with E-state index in [1.165, 1.54) is 23.6 Å². The zero-order valence-electron chi connectivity index (χ0n) is 11.7. The highest BCUT2D eigenvalue weighted by Crippen LogP contribution is 2.41. The van der Waals surface area contributed by atoms with E-state index in [0.29, 0.717) is 17.2 Å². The molecule has 3 heteroatoms. The van der Waals surface area contributed by atoms with Gasteiger partial charge in [0.2, 0.25) is 0 Å². The van der Waals surface area contributed by atoms with Gasteiger partial charge in [0.25, 0.3) is 0 Å². The fourth-order valence-electron chi connectivity index (χ4n) is 2.73. The van der Waals surface area contributed by atoms with E-state index in [1.807, 2.05) is 11.8 Å². The third-order valence-corrected chi connectivity index (χ3v) is 4.92. The third-order valence-electron chi connectivity index (χ3n) is 3.78. The Labute approximate surface area is 120 Å². The van der Waals surface area contributed by atoms with Gasteiger partial charge in [-0.3, -0.25) is 4.99 Å². The first kappa shape index (κ1) is 13.0. The molecule has 0 saturated heterocycles. The Hall–Kier alpha value is -0.960. The lowest BCUT2D eigenvalue weighted by Gasteiger charge is -2.11. The average Bonchev–Trinajstić information content (AvgIpc) is 3.02. The standard InChI is InChI=1S/C16H22N2S/c1-11(2)8-13-10-17-16(19-13)18-15-9-14(15)12-6-4-3-5-7-12/h3-7,11,13-15H,8-10H2,1-2H3,(H,17,18). The van der Waals surface area contributed by atoms with Crippen molar-refractivity contribution in [2.24, 2.45) is 10.9 Å². The molecule has 1 aromatic carbocycles. The fraction of sp³-hybridized carbons (Fsp3) is 0.562. The number of aliphatic imine (C=N–C) groups is 1. The van der Waals surface area contributed by atoms with E-state index in [1.54, 1.807) is 0 Å². The van der Waals surface area contributed by atoms with Crippen LogP contribution < -0.4 is 5.32 Å². The lowest BCUT2D eigenvalue weighted by atomic mass is 10.1. The molecule has 2 nitrogen and oxygen atoms in total. The summed E-state index contributed by atoms with van der Waals surface area (Å²) in [5.41, 5.74) is 1.46. The molecule has 3 unspecified atom stereocenters. The highest BCUT2D eigenvalue weighted by Gasteiger charge is 2.39. The van der Waals surface area contributed by atoms with Crippen molar-refractivity contribution in [3.05, 3.63) is 35.9 Å². The molecule has 0 amide bonds. The number of rotatable bonds is 4. The van der Waals surface area contributed by atoms with Gasteiger partial charge in [0.15, 0.2) is 5.17 Å². The van der Waals surface area contributed by atoms with Gasteiger partial charge in [0.1, 0.15) is 0 Å². The monoisotopic (exact) mass is 274 g/mol. The molecule has 102 valence electrons. The normalized spacial score (nSPS) is 29.4. The Bertz CT molecular complexity index is 455. The number of hydrogen-bond donors (Lipinski definition) is 1. The summed E-state index contributed by atoms with van der Waals surface area (Å²) in [6.45, 7) is 5.57. The molecular formula is C16H22N2S. The lowest BCUT2D eigenvalue weighted by molar-refractivity contribution is 0.575. The first-order chi connectivity index (χ1) is 9.22. The van der Waals surface area contributed by atoms with E-state index in [0.717, 1.165) is 12.5 Å². The maximum Gasteiger partial charge on any atom is 0.157 e. The number of amidine groups is 1. The topological polar surface area (TPSA) is 24.4 Å². The second kappa shape index (κ2) is 5.58. The average molecular weight is 274 g/mol. The second-order valence-electron chi connectivity index (χ2n) is 6.02. The quantitative estimate of drug-likeness (QED) is 0.906. The van der Waals surface area contributed by atoms with Gasteiger partial charge in [-0.1, -0.05) is 55.9 Å². The van der Waals surface area contributed by atoms with Gasteiger partial charge < -0.3 is 5.32 Å². The van der Waals surface area contributed by atoms with Crippen molar-refractivity contribution in [3.8, 4) is 0 Å². The summed E-state index contributed by atoms with van der Waals surface area (Å²) in [6, 6.07) is 11.4. The zero-order chi connectivity index (χ0) is 13.2. The lowest BCUT2D eigenvalue weighted by Crippen LogP contribution is -2.23. The Morgan fingerprint density at radius 1 is 1.32 bits per heavy atom. The van der Waals surface area contributed by atoms with E-state index in [4.69, 9.17) is 0 Å². The number of benzene rings is 1. The molecule has 0 bridgehead atoms. The SMILES string of the molecule is CC(C)CC1CN=C(NC2CC2c2ccccc2)S1. The van der Waals surface area contributed by atoms with Crippen molar-refractivity contribution < 1.29 is 0 Å². The molecule has 3 atom stereocenters. The molecule has 0 aromatic heterocycles. The van der Waals surface area contributed by atoms with Crippen LogP contribution in [0.2, 0.25) is 0 Å². The van der Waals surface area contributed by atoms with Crippen LogP contribution in [0.3, 0.4) is 0 Å². The van der Waals surface area contributed by atoms with E-state index in [-0.39, 0.29) is 0 Å². The molecule has 1 aliphatic heterocycles. The Morgan fingerprint density at radius 3 is 2.84 bits per heavy atom. The number of hydrogen-bond acceptors (Lipinski definition) is 3. The Morgan fingerprint density at radius 2 is 2.11 bits per heavy atom. The maximum atomic E-state index is 4.65. The summed E-state index contributed by atoms with van der Waals surface area (Å²) in [5, 5.41) is 5.48. The van der Waals surface area contributed by atoms with Crippen LogP contribution in [0.15, 0.2) is 35.3 Å². The summed E-state index contributed by atoms with van der Waals surface area (Å²) in [7, 11) is 0. The number of nitrogens with one attached hydrogen (secondary N) is 1. The van der Waals surface area contributed by atoms with Crippen LogP contribution in [0.5, 0.6) is 0 Å². The van der Waals surface area contributed by atoms with Crippen LogP contribution in [0.4, 0.5) is 0 Å². The summed E-state index contributed by atoms with van der Waals surface area (Å²) < 4.78 is 0. The summed E-state index contributed by atoms with van der Waals surface area (Å²) in [6.07, 6.45) is 2.52. The van der Waals surface area contributed by atoms with Crippen LogP contribution in [0.25, 0.3) is 0 Å². The second-order valence-corrected chi connectivity index (χ2v) is 7.31. The Balaban J connectivity index is 1.47. The predicted molar refractivity (Wildman–Crippen MR) is 83.9 cm³/mol. The Kier molecular flexibility index (Phi) is 3.83. The highest BCUT2D eigenvalue weighted by atomic mass is 32.2. The minimum Gasteiger partial charge on any atom is -0.362 e. The van der Waals surface area contributed by atoms with Crippen molar-refractivity contribution in [2.45, 2.75) is 43.9 Å². The highest BCUT2D eigenvalue weighted by molar-refractivity contribution is 8.14. The van der Waals surface area contributed by atoms with Gasteiger partial charge in [-0.25, -0.2) is 0 Å². The van der Waals surface area contributed by atoms with Gasteiger partial charge in [-0.15, -0.1) is 0 Å². The molecule has 0 spiro atoms. The summed E-state index contributed by atoms with van der Waals surface area (Å²) >= 11 is 1.94. The van der Waals surface area contributed by atoms with Gasteiger partial charge in [0, 0.05) is 17.2 Å². The van der Waals surface area contributed by atoms with Gasteiger partial charge in [-0.05, 0) is 24.3 Å². The minimum absolute atomic E-state index is 0.603. The summed E-state index contributed by atoms with van der Waals surface area (Å²) in [4.78, 5) is 4.65. The van der Waals surface area contributed by atoms with Gasteiger partial charge >= 0.3 is 0 Å². The van der Waals surface area contributed by atoms with Crippen molar-refractivity contribution >= 4 is 16.9 Å². The van der Waals surface area contributed by atoms with Crippen LogP contribution >= 0.6 is 11.8 Å². The molecule has 1 aliphatic carbocycles. The summed E-state index contributed by atoms with van der Waals surface area (Å²) in [5.74, 6) is 1.46. The smallest absolute Gasteiger partial charge is 0.157 e. The predicted octanol–water partition coefficient (Wildman–Crippen LogP) is 3.65. The van der Waals surface area contributed by atoms with Crippen LogP contribution in [0.1, 0.15) is 38.2 Å². The molecule has 1 fully saturated rings. The molecule has 1 saturated carbocycles. The van der Waals surface area contributed by atoms with Gasteiger partial charge in [-0.2, -0.15) is 0 Å². The van der Waals surface area contributed by atoms with Crippen LogP contribution in [0, 0.1) is 5.92 Å². The fourth-order valence-corrected chi connectivity index (χ4v) is 4.04. The minimum atomic E-state index is 0.603. The van der Waals surface area contributed by atoms with E-state index < -0.39 is 0 Å². The first-order valence-corrected chi connectivity index (χ1v) is 8.13. The van der Waals surface area contributed by atoms with Crippen molar-refractivity contribution in [3.63, 3.8) is 0 Å². The zero-order valence-corrected chi connectivity index (χ0v) is 12.5. The molecule has 1 N–H and O–H groups in total. The largest absolute Gasteiger partial charge is 0.362 e. The van der Waals surface area contributed by atoms with Crippen molar-refractivity contribution in [1.82, 2.24) is 5.32 Å². The van der Waals surface area contributed by atoms with Crippen molar-refractivity contribution in [2.75, 3.05) is 6.54 Å². The number of thioether (sulfide) groups is 1. The molecule has 1 aromatic rings. The van der Waals surface area contributed by atoms with Gasteiger partial charge in [0.05, 0.1) is 6.54 Å². The van der Waals surface area contributed by atoms with E-state index in [9.17, 15) is 0 Å². The molecule has 3 rings (SSSR count). The van der Waals surface area contributed by atoms with E-state index in [2.05, 4.69) is 54.5 Å². The molecule has 2 aliphatic rings. The van der Waals surface area contributed by atoms with Crippen molar-refractivity contribution in [1.29, 1.82) is 0 Å². The van der Waals surface area contributed by atoms with E-state index >= 15 is 0 Å². The van der Waals surface area contributed by atoms with Crippen LogP contribution in [-0.2, 0) is 0 Å².